The lowest BCUT2D eigenvalue weighted by atomic mass is 10.2. The van der Waals surface area contributed by atoms with E-state index in [0.717, 1.165) is 5.75 Å². The molecule has 0 spiro atoms. The quantitative estimate of drug-likeness (QED) is 0.581. The summed E-state index contributed by atoms with van der Waals surface area (Å²) in [6.45, 7) is 0.641. The van der Waals surface area contributed by atoms with Crippen molar-refractivity contribution < 1.29 is 14.3 Å². The van der Waals surface area contributed by atoms with Crippen LogP contribution in [0, 0.1) is 0 Å². The van der Waals surface area contributed by atoms with Crippen LogP contribution in [0.15, 0.2) is 18.2 Å². The predicted octanol–water partition coefficient (Wildman–Crippen LogP) is 1.60. The highest BCUT2D eigenvalue weighted by molar-refractivity contribution is 7.99. The monoisotopic (exact) mass is 270 g/mol. The molecule has 0 heterocycles. The summed E-state index contributed by atoms with van der Waals surface area (Å²) in [4.78, 5) is 11.6. The van der Waals surface area contributed by atoms with Crippen LogP contribution in [-0.2, 0) is 9.53 Å². The Morgan fingerprint density at radius 1 is 1.44 bits per heavy atom. The number of nitrogen functional groups attached to an aromatic ring is 1. The normalized spacial score (nSPS) is 10.1. The minimum absolute atomic E-state index is 0.0760. The van der Waals surface area contributed by atoms with Crippen molar-refractivity contribution in [1.82, 2.24) is 0 Å². The first-order chi connectivity index (χ1) is 8.67. The van der Waals surface area contributed by atoms with Crippen LogP contribution in [0.2, 0.25) is 0 Å². The standard InChI is InChI=1S/C12H18N2O3S/c1-16-5-6-18-8-12(15)14-11-4-3-9(17-2)7-10(11)13/h3-4,7H,5-6,8,13H2,1-2H3,(H,14,15). The number of ether oxygens (including phenoxy) is 2. The molecule has 0 aliphatic rings. The number of hydrogen-bond donors (Lipinski definition) is 2. The largest absolute Gasteiger partial charge is 0.497 e. The van der Waals surface area contributed by atoms with Gasteiger partial charge in [-0.3, -0.25) is 4.79 Å². The average Bonchev–Trinajstić information content (AvgIpc) is 2.37. The maximum Gasteiger partial charge on any atom is 0.234 e. The highest BCUT2D eigenvalue weighted by Gasteiger charge is 2.06. The van der Waals surface area contributed by atoms with Gasteiger partial charge in [-0.05, 0) is 12.1 Å². The maximum atomic E-state index is 11.6. The van der Waals surface area contributed by atoms with Gasteiger partial charge in [-0.15, -0.1) is 11.8 Å². The molecule has 0 aromatic heterocycles. The van der Waals surface area contributed by atoms with E-state index in [1.165, 1.54) is 11.8 Å². The molecule has 18 heavy (non-hydrogen) atoms. The topological polar surface area (TPSA) is 73.6 Å². The Hall–Kier alpha value is -1.40. The van der Waals surface area contributed by atoms with Crippen LogP contribution in [0.25, 0.3) is 0 Å². The van der Waals surface area contributed by atoms with Crippen molar-refractivity contribution in [2.75, 3.05) is 43.4 Å². The van der Waals surface area contributed by atoms with Gasteiger partial charge in [0.25, 0.3) is 0 Å². The number of hydrogen-bond acceptors (Lipinski definition) is 5. The van der Waals surface area contributed by atoms with Crippen molar-refractivity contribution in [3.63, 3.8) is 0 Å². The summed E-state index contributed by atoms with van der Waals surface area (Å²) in [6, 6.07) is 5.16. The molecular weight excluding hydrogens is 252 g/mol. The van der Waals surface area contributed by atoms with Crippen LogP contribution in [0.4, 0.5) is 11.4 Å². The molecule has 5 nitrogen and oxygen atoms in total. The lowest BCUT2D eigenvalue weighted by molar-refractivity contribution is -0.113. The fraction of sp³-hybridized carbons (Fsp3) is 0.417. The lowest BCUT2D eigenvalue weighted by Gasteiger charge is -2.09. The summed E-state index contributed by atoms with van der Waals surface area (Å²) < 4.78 is 9.94. The molecule has 6 heteroatoms. The number of rotatable bonds is 7. The second-order valence-electron chi connectivity index (χ2n) is 3.55. The fourth-order valence-corrected chi connectivity index (χ4v) is 1.96. The molecule has 100 valence electrons. The summed E-state index contributed by atoms with van der Waals surface area (Å²) >= 11 is 1.52. The molecule has 0 radical (unpaired) electrons. The van der Waals surface area contributed by atoms with Crippen LogP contribution >= 0.6 is 11.8 Å². The van der Waals surface area contributed by atoms with Gasteiger partial charge in [0.15, 0.2) is 0 Å². The van der Waals surface area contributed by atoms with Crippen LogP contribution in [0.1, 0.15) is 0 Å². The number of thioether (sulfide) groups is 1. The van der Waals surface area contributed by atoms with E-state index in [2.05, 4.69) is 5.32 Å². The number of nitrogens with one attached hydrogen (secondary N) is 1. The number of methoxy groups -OCH3 is 2. The molecule has 0 saturated carbocycles. The lowest BCUT2D eigenvalue weighted by Crippen LogP contribution is -2.15. The van der Waals surface area contributed by atoms with Crippen LogP contribution < -0.4 is 15.8 Å². The van der Waals surface area contributed by atoms with E-state index >= 15 is 0 Å². The van der Waals surface area contributed by atoms with Crippen molar-refractivity contribution in [3.05, 3.63) is 18.2 Å². The Kier molecular flexibility index (Phi) is 6.38. The molecule has 0 saturated heterocycles. The Labute approximate surface area is 111 Å². The van der Waals surface area contributed by atoms with E-state index in [4.69, 9.17) is 15.2 Å². The first-order valence-electron chi connectivity index (χ1n) is 5.47. The van der Waals surface area contributed by atoms with E-state index in [-0.39, 0.29) is 5.91 Å². The van der Waals surface area contributed by atoms with Gasteiger partial charge in [-0.25, -0.2) is 0 Å². The third-order valence-corrected chi connectivity index (χ3v) is 3.12. The zero-order valence-electron chi connectivity index (χ0n) is 10.6. The molecule has 1 amide bonds. The zero-order chi connectivity index (χ0) is 13.4. The van der Waals surface area contributed by atoms with Crippen molar-refractivity contribution >= 4 is 29.0 Å². The van der Waals surface area contributed by atoms with Crippen molar-refractivity contribution in [2.24, 2.45) is 0 Å². The number of carbonyl (C=O) groups excluding carboxylic acids is 1. The highest BCUT2D eigenvalue weighted by atomic mass is 32.2. The molecule has 1 aromatic carbocycles. The van der Waals surface area contributed by atoms with Gasteiger partial charge in [-0.1, -0.05) is 0 Å². The van der Waals surface area contributed by atoms with Crippen LogP contribution in [0.5, 0.6) is 5.75 Å². The average molecular weight is 270 g/mol. The van der Waals surface area contributed by atoms with E-state index in [9.17, 15) is 4.79 Å². The molecule has 0 unspecified atom stereocenters. The predicted molar refractivity (Wildman–Crippen MR) is 75.2 cm³/mol. The molecule has 0 fully saturated rings. The molecule has 0 atom stereocenters. The second-order valence-corrected chi connectivity index (χ2v) is 4.65. The Morgan fingerprint density at radius 2 is 2.22 bits per heavy atom. The van der Waals surface area contributed by atoms with Gasteiger partial charge in [0, 0.05) is 18.9 Å². The minimum Gasteiger partial charge on any atom is -0.497 e. The Bertz CT molecular complexity index is 399. The van der Waals surface area contributed by atoms with Crippen LogP contribution in [0.3, 0.4) is 0 Å². The number of anilines is 2. The minimum atomic E-state index is -0.0760. The van der Waals surface area contributed by atoms with Crippen molar-refractivity contribution in [1.29, 1.82) is 0 Å². The van der Waals surface area contributed by atoms with Crippen molar-refractivity contribution in [2.45, 2.75) is 0 Å². The van der Waals surface area contributed by atoms with Gasteiger partial charge in [0.05, 0.1) is 30.8 Å². The summed E-state index contributed by atoms with van der Waals surface area (Å²) in [5.74, 6) is 1.77. The van der Waals surface area contributed by atoms with Gasteiger partial charge in [-0.2, -0.15) is 0 Å². The van der Waals surface area contributed by atoms with E-state index in [1.54, 1.807) is 32.4 Å². The van der Waals surface area contributed by atoms with Gasteiger partial charge in [0.2, 0.25) is 5.91 Å². The summed E-state index contributed by atoms with van der Waals surface area (Å²) in [5.41, 5.74) is 6.90. The van der Waals surface area contributed by atoms with Crippen LogP contribution in [-0.4, -0.2) is 38.2 Å². The third kappa shape index (κ3) is 4.85. The third-order valence-electron chi connectivity index (χ3n) is 2.20. The molecule has 0 aliphatic heterocycles. The first-order valence-corrected chi connectivity index (χ1v) is 6.63. The Morgan fingerprint density at radius 3 is 2.83 bits per heavy atom. The summed E-state index contributed by atoms with van der Waals surface area (Å²) in [6.07, 6.45) is 0. The second kappa shape index (κ2) is 7.84. The summed E-state index contributed by atoms with van der Waals surface area (Å²) in [7, 11) is 3.21. The van der Waals surface area contributed by atoms with E-state index < -0.39 is 0 Å². The van der Waals surface area contributed by atoms with Gasteiger partial charge >= 0.3 is 0 Å². The number of nitrogens with two attached hydrogens (primary N) is 1. The van der Waals surface area contributed by atoms with Crippen molar-refractivity contribution in [3.8, 4) is 5.75 Å². The SMILES string of the molecule is COCCSCC(=O)Nc1ccc(OC)cc1N. The first kappa shape index (κ1) is 14.7. The molecule has 3 N–H and O–H groups in total. The zero-order valence-corrected chi connectivity index (χ0v) is 11.4. The number of carbonyl (C=O) groups is 1. The number of amides is 1. The Balaban J connectivity index is 2.44. The van der Waals surface area contributed by atoms with Gasteiger partial charge < -0.3 is 20.5 Å². The van der Waals surface area contributed by atoms with E-state index in [1.807, 2.05) is 0 Å². The molecular formula is C12H18N2O3S. The smallest absolute Gasteiger partial charge is 0.234 e. The molecule has 0 aliphatic carbocycles. The van der Waals surface area contributed by atoms with Gasteiger partial charge in [0.1, 0.15) is 5.75 Å². The number of benzene rings is 1. The maximum absolute atomic E-state index is 11.6. The molecule has 1 aromatic rings. The molecule has 1 rings (SSSR count). The van der Waals surface area contributed by atoms with E-state index in [0.29, 0.717) is 29.5 Å². The summed E-state index contributed by atoms with van der Waals surface area (Å²) in [5, 5.41) is 2.76. The highest BCUT2D eigenvalue weighted by Crippen LogP contribution is 2.24. The fourth-order valence-electron chi connectivity index (χ4n) is 1.28. The molecule has 0 bridgehead atoms.